The highest BCUT2D eigenvalue weighted by molar-refractivity contribution is 6.37. The van der Waals surface area contributed by atoms with Crippen molar-refractivity contribution in [1.29, 1.82) is 0 Å². The van der Waals surface area contributed by atoms with E-state index in [-0.39, 0.29) is 24.3 Å². The lowest BCUT2D eigenvalue weighted by atomic mass is 10.4. The monoisotopic (exact) mass is 291 g/mol. The van der Waals surface area contributed by atoms with E-state index in [2.05, 4.69) is 21.0 Å². The van der Waals surface area contributed by atoms with Gasteiger partial charge in [-0.15, -0.1) is 0 Å². The van der Waals surface area contributed by atoms with Gasteiger partial charge in [-0.3, -0.25) is 4.79 Å². The predicted molar refractivity (Wildman–Crippen MR) is 73.8 cm³/mol. The van der Waals surface area contributed by atoms with Gasteiger partial charge in [-0.1, -0.05) is 23.2 Å². The number of amides is 1. The van der Waals surface area contributed by atoms with Gasteiger partial charge in [0.1, 0.15) is 5.82 Å². The van der Waals surface area contributed by atoms with Crippen LogP contribution < -0.4 is 21.9 Å². The van der Waals surface area contributed by atoms with Crippen LogP contribution in [0.1, 0.15) is 13.8 Å². The summed E-state index contributed by atoms with van der Waals surface area (Å²) in [6.07, 6.45) is 0. The number of halogens is 2. The van der Waals surface area contributed by atoms with Gasteiger partial charge in [0.25, 0.3) is 0 Å². The average molecular weight is 292 g/mol. The van der Waals surface area contributed by atoms with Gasteiger partial charge >= 0.3 is 0 Å². The largest absolute Gasteiger partial charge is 0.360 e. The molecule has 0 bridgehead atoms. The van der Waals surface area contributed by atoms with Gasteiger partial charge in [0.05, 0.1) is 16.6 Å². The Hall–Kier alpha value is -1.24. The van der Waals surface area contributed by atoms with Crippen LogP contribution in [0.2, 0.25) is 10.0 Å². The molecule has 0 aliphatic rings. The standard InChI is InChI=1S/C10H15Cl2N5O/c1-5(2)15-8(18)4-14-9-6(11)3-7(12)10(16-9)17-13/h3,5H,4,13H2,1-2H3,(H,15,18)(H2,14,16,17). The molecule has 0 saturated carbocycles. The molecule has 0 unspecified atom stereocenters. The summed E-state index contributed by atoms with van der Waals surface area (Å²) in [7, 11) is 0. The molecule has 1 aromatic rings. The van der Waals surface area contributed by atoms with E-state index in [1.165, 1.54) is 6.07 Å². The van der Waals surface area contributed by atoms with Crippen LogP contribution in [0.15, 0.2) is 6.07 Å². The molecule has 6 nitrogen and oxygen atoms in total. The number of carbonyl (C=O) groups excluding carboxylic acids is 1. The van der Waals surface area contributed by atoms with Gasteiger partial charge < -0.3 is 16.1 Å². The Morgan fingerprint density at radius 3 is 2.56 bits per heavy atom. The summed E-state index contributed by atoms with van der Waals surface area (Å²) >= 11 is 11.8. The molecule has 0 spiro atoms. The molecule has 1 aromatic heterocycles. The van der Waals surface area contributed by atoms with E-state index in [4.69, 9.17) is 29.0 Å². The molecule has 0 aromatic carbocycles. The second-order valence-electron chi connectivity index (χ2n) is 3.87. The number of nitrogens with zero attached hydrogens (tertiary/aromatic N) is 1. The molecule has 100 valence electrons. The van der Waals surface area contributed by atoms with Crippen molar-refractivity contribution in [3.05, 3.63) is 16.1 Å². The van der Waals surface area contributed by atoms with Gasteiger partial charge in [-0.05, 0) is 19.9 Å². The van der Waals surface area contributed by atoms with Gasteiger partial charge in [-0.25, -0.2) is 10.8 Å². The lowest BCUT2D eigenvalue weighted by molar-refractivity contribution is -0.119. The molecule has 0 aliphatic carbocycles. The number of aromatic nitrogens is 1. The predicted octanol–water partition coefficient (Wildman–Crippen LogP) is 1.61. The number of anilines is 2. The molecule has 0 atom stereocenters. The third-order valence-corrected chi connectivity index (χ3v) is 2.51. The second kappa shape index (κ2) is 6.63. The minimum Gasteiger partial charge on any atom is -0.360 e. The third kappa shape index (κ3) is 4.21. The number of nitrogens with one attached hydrogen (secondary N) is 3. The maximum absolute atomic E-state index is 11.4. The van der Waals surface area contributed by atoms with E-state index in [9.17, 15) is 4.79 Å². The van der Waals surface area contributed by atoms with E-state index in [0.717, 1.165) is 0 Å². The lowest BCUT2D eigenvalue weighted by Gasteiger charge is -2.12. The summed E-state index contributed by atoms with van der Waals surface area (Å²) in [5.41, 5.74) is 2.34. The zero-order chi connectivity index (χ0) is 13.7. The lowest BCUT2D eigenvalue weighted by Crippen LogP contribution is -2.35. The molecule has 1 rings (SSSR count). The normalized spacial score (nSPS) is 10.3. The molecule has 0 radical (unpaired) electrons. The van der Waals surface area contributed by atoms with Crippen molar-refractivity contribution < 1.29 is 4.79 Å². The summed E-state index contributed by atoms with van der Waals surface area (Å²) in [6.45, 7) is 3.82. The average Bonchev–Trinajstić information content (AvgIpc) is 2.27. The number of hydrogen-bond acceptors (Lipinski definition) is 5. The topological polar surface area (TPSA) is 92.1 Å². The van der Waals surface area contributed by atoms with Crippen LogP contribution >= 0.6 is 23.2 Å². The zero-order valence-electron chi connectivity index (χ0n) is 10.1. The second-order valence-corrected chi connectivity index (χ2v) is 4.68. The van der Waals surface area contributed by atoms with Gasteiger partial charge in [-0.2, -0.15) is 0 Å². The SMILES string of the molecule is CC(C)NC(=O)CNc1nc(NN)c(Cl)cc1Cl. The van der Waals surface area contributed by atoms with E-state index in [0.29, 0.717) is 15.9 Å². The van der Waals surface area contributed by atoms with Gasteiger partial charge in [0.15, 0.2) is 5.82 Å². The Bertz CT molecular complexity index is 439. The van der Waals surface area contributed by atoms with Crippen LogP contribution in [0, 0.1) is 0 Å². The minimum atomic E-state index is -0.153. The number of hydrogen-bond donors (Lipinski definition) is 4. The Morgan fingerprint density at radius 2 is 2.00 bits per heavy atom. The fraction of sp³-hybridized carbons (Fsp3) is 0.400. The van der Waals surface area contributed by atoms with E-state index < -0.39 is 0 Å². The Morgan fingerprint density at radius 1 is 1.39 bits per heavy atom. The van der Waals surface area contributed by atoms with Crippen molar-refractivity contribution in [3.63, 3.8) is 0 Å². The quantitative estimate of drug-likeness (QED) is 0.489. The molecule has 0 fully saturated rings. The third-order valence-electron chi connectivity index (χ3n) is 1.93. The number of nitrogen functional groups attached to an aromatic ring is 1. The first-order valence-electron chi connectivity index (χ1n) is 5.30. The first kappa shape index (κ1) is 14.8. The van der Waals surface area contributed by atoms with Crippen LogP contribution in [0.5, 0.6) is 0 Å². The van der Waals surface area contributed by atoms with Crippen molar-refractivity contribution >= 4 is 40.7 Å². The minimum absolute atomic E-state index is 0.0660. The smallest absolute Gasteiger partial charge is 0.239 e. The van der Waals surface area contributed by atoms with Crippen LogP contribution in [0.25, 0.3) is 0 Å². The van der Waals surface area contributed by atoms with Crippen molar-refractivity contribution in [1.82, 2.24) is 10.3 Å². The van der Waals surface area contributed by atoms with Gasteiger partial charge in [0, 0.05) is 6.04 Å². The Labute approximate surface area is 115 Å². The summed E-state index contributed by atoms with van der Waals surface area (Å²) in [5.74, 6) is 5.72. The summed E-state index contributed by atoms with van der Waals surface area (Å²) in [5, 5.41) is 6.17. The molecular weight excluding hydrogens is 277 g/mol. The number of hydrazine groups is 1. The van der Waals surface area contributed by atoms with E-state index >= 15 is 0 Å². The summed E-state index contributed by atoms with van der Waals surface area (Å²) in [6, 6.07) is 1.57. The Balaban J connectivity index is 2.70. The van der Waals surface area contributed by atoms with Crippen molar-refractivity contribution in [3.8, 4) is 0 Å². The van der Waals surface area contributed by atoms with Crippen LogP contribution in [-0.2, 0) is 4.79 Å². The Kier molecular flexibility index (Phi) is 5.46. The number of carbonyl (C=O) groups is 1. The summed E-state index contributed by atoms with van der Waals surface area (Å²) < 4.78 is 0. The first-order chi connectivity index (χ1) is 8.43. The molecule has 1 heterocycles. The highest BCUT2D eigenvalue weighted by Crippen LogP contribution is 2.28. The van der Waals surface area contributed by atoms with Crippen LogP contribution in [-0.4, -0.2) is 23.5 Å². The fourth-order valence-electron chi connectivity index (χ4n) is 1.23. The van der Waals surface area contributed by atoms with E-state index in [1.807, 2.05) is 13.8 Å². The van der Waals surface area contributed by atoms with Crippen molar-refractivity contribution in [2.24, 2.45) is 5.84 Å². The molecular formula is C10H15Cl2N5O. The van der Waals surface area contributed by atoms with Crippen LogP contribution in [0.4, 0.5) is 11.6 Å². The molecule has 1 amide bonds. The molecule has 5 N–H and O–H groups in total. The molecule has 8 heteroatoms. The maximum atomic E-state index is 11.4. The zero-order valence-corrected chi connectivity index (χ0v) is 11.6. The van der Waals surface area contributed by atoms with E-state index in [1.54, 1.807) is 0 Å². The molecule has 0 aliphatic heterocycles. The molecule has 18 heavy (non-hydrogen) atoms. The fourth-order valence-corrected chi connectivity index (χ4v) is 1.71. The van der Waals surface area contributed by atoms with Crippen LogP contribution in [0.3, 0.4) is 0 Å². The van der Waals surface area contributed by atoms with Crippen molar-refractivity contribution in [2.75, 3.05) is 17.3 Å². The number of nitrogens with two attached hydrogens (primary N) is 1. The number of pyridine rings is 1. The highest BCUT2D eigenvalue weighted by Gasteiger charge is 2.10. The first-order valence-corrected chi connectivity index (χ1v) is 6.05. The maximum Gasteiger partial charge on any atom is 0.239 e. The highest BCUT2D eigenvalue weighted by atomic mass is 35.5. The van der Waals surface area contributed by atoms with Crippen molar-refractivity contribution in [2.45, 2.75) is 19.9 Å². The van der Waals surface area contributed by atoms with Gasteiger partial charge in [0.2, 0.25) is 5.91 Å². The summed E-state index contributed by atoms with van der Waals surface area (Å²) in [4.78, 5) is 15.5. The molecule has 0 saturated heterocycles. The number of rotatable bonds is 5.